The third-order valence-corrected chi connectivity index (χ3v) is 7.08. The van der Waals surface area contributed by atoms with Crippen LogP contribution in [0.3, 0.4) is 0 Å². The van der Waals surface area contributed by atoms with Gasteiger partial charge in [-0.25, -0.2) is 4.79 Å². The molecule has 1 aliphatic rings. The molecule has 4 rings (SSSR count). The average Bonchev–Trinajstić information content (AvgIpc) is 3.45. The zero-order chi connectivity index (χ0) is 22.7. The van der Waals surface area contributed by atoms with E-state index in [0.29, 0.717) is 17.2 Å². The van der Waals surface area contributed by atoms with E-state index in [4.69, 9.17) is 9.47 Å². The maximum atomic E-state index is 12.9. The first-order valence-corrected chi connectivity index (χ1v) is 11.6. The van der Waals surface area contributed by atoms with Gasteiger partial charge in [-0.15, -0.1) is 11.3 Å². The van der Waals surface area contributed by atoms with Crippen LogP contribution in [0.25, 0.3) is 5.00 Å². The molecule has 2 N–H and O–H groups in total. The molecule has 0 bridgehead atoms. The lowest BCUT2D eigenvalue weighted by atomic mass is 9.98. The predicted molar refractivity (Wildman–Crippen MR) is 128 cm³/mol. The number of methoxy groups -OCH3 is 2. The van der Waals surface area contributed by atoms with Crippen molar-refractivity contribution < 1.29 is 14.3 Å². The number of urea groups is 1. The topological polar surface area (TPSA) is 67.8 Å². The highest BCUT2D eigenvalue weighted by atomic mass is 32.1. The molecule has 1 atom stereocenters. The molecule has 2 amide bonds. The number of fused-ring (bicyclic) bond motifs is 1. The third kappa shape index (κ3) is 4.61. The largest absolute Gasteiger partial charge is 0.497 e. The van der Waals surface area contributed by atoms with E-state index in [1.165, 1.54) is 21.0 Å². The summed E-state index contributed by atoms with van der Waals surface area (Å²) >= 11 is 1.82. The van der Waals surface area contributed by atoms with Crippen LogP contribution in [0.4, 0.5) is 10.5 Å². The molecule has 3 heterocycles. The number of thiophene rings is 1. The summed E-state index contributed by atoms with van der Waals surface area (Å²) in [5.74, 6) is 1.24. The number of benzene rings is 1. The molecule has 0 saturated heterocycles. The summed E-state index contributed by atoms with van der Waals surface area (Å²) in [7, 11) is 3.17. The minimum absolute atomic E-state index is 0.145. The van der Waals surface area contributed by atoms with Crippen LogP contribution in [0.15, 0.2) is 42.7 Å². The van der Waals surface area contributed by atoms with Crippen LogP contribution in [0.5, 0.6) is 11.5 Å². The first-order valence-electron chi connectivity index (χ1n) is 10.8. The highest BCUT2D eigenvalue weighted by Crippen LogP contribution is 2.39. The van der Waals surface area contributed by atoms with Gasteiger partial charge < -0.3 is 24.7 Å². The van der Waals surface area contributed by atoms with Crippen LogP contribution in [0.2, 0.25) is 0 Å². The Balaban J connectivity index is 1.57. The molecular weight excluding hydrogens is 424 g/mol. The van der Waals surface area contributed by atoms with Crippen molar-refractivity contribution in [1.82, 2.24) is 14.8 Å². The van der Waals surface area contributed by atoms with Crippen molar-refractivity contribution in [2.24, 2.45) is 0 Å². The minimum Gasteiger partial charge on any atom is -0.497 e. The van der Waals surface area contributed by atoms with Gasteiger partial charge in [-0.1, -0.05) is 6.92 Å². The van der Waals surface area contributed by atoms with E-state index in [1.54, 1.807) is 32.4 Å². The second kappa shape index (κ2) is 9.67. The van der Waals surface area contributed by atoms with Gasteiger partial charge in [-0.2, -0.15) is 0 Å². The SMILES string of the molecule is CCN1CCc2c(sc(-n3cccc3)c2C(C)NC(=O)Nc2cc(OC)cc(OC)c2)C1. The Morgan fingerprint density at radius 1 is 1.16 bits per heavy atom. The average molecular weight is 455 g/mol. The Morgan fingerprint density at radius 2 is 1.84 bits per heavy atom. The summed E-state index contributed by atoms with van der Waals surface area (Å²) in [6.07, 6.45) is 5.12. The number of ether oxygens (including phenoxy) is 2. The van der Waals surface area contributed by atoms with Gasteiger partial charge in [-0.3, -0.25) is 4.90 Å². The molecule has 0 aliphatic carbocycles. The Bertz CT molecular complexity index is 1060. The molecule has 7 nitrogen and oxygen atoms in total. The van der Waals surface area contributed by atoms with E-state index in [9.17, 15) is 4.79 Å². The summed E-state index contributed by atoms with van der Waals surface area (Å²) in [4.78, 5) is 16.7. The molecule has 0 radical (unpaired) electrons. The van der Waals surface area contributed by atoms with E-state index < -0.39 is 0 Å². The maximum Gasteiger partial charge on any atom is 0.319 e. The summed E-state index contributed by atoms with van der Waals surface area (Å²) in [6, 6.07) is 8.95. The van der Waals surface area contributed by atoms with Crippen molar-refractivity contribution in [1.29, 1.82) is 0 Å². The van der Waals surface area contributed by atoms with E-state index in [-0.39, 0.29) is 12.1 Å². The van der Waals surface area contributed by atoms with Gasteiger partial charge in [0, 0.05) is 59.8 Å². The lowest BCUT2D eigenvalue weighted by molar-refractivity contribution is 0.249. The number of amides is 2. The van der Waals surface area contributed by atoms with Gasteiger partial charge >= 0.3 is 6.03 Å². The molecule has 8 heteroatoms. The Hall–Kier alpha value is -2.97. The molecule has 1 aliphatic heterocycles. The number of hydrogen-bond acceptors (Lipinski definition) is 5. The standard InChI is InChI=1S/C24H30N4O3S/c1-5-27-11-8-20-21(15-27)32-23(28-9-6-7-10-28)22(20)16(2)25-24(29)26-17-12-18(30-3)14-19(13-17)31-4/h6-7,9-10,12-14,16H,5,8,11,15H2,1-4H3,(H2,25,26,29). The second-order valence-electron chi connectivity index (χ2n) is 7.85. The number of anilines is 1. The minimum atomic E-state index is -0.266. The van der Waals surface area contributed by atoms with Crippen molar-refractivity contribution in [3.8, 4) is 16.5 Å². The van der Waals surface area contributed by atoms with Gasteiger partial charge in [0.2, 0.25) is 0 Å². The lowest BCUT2D eigenvalue weighted by Crippen LogP contribution is -2.33. The molecule has 32 heavy (non-hydrogen) atoms. The van der Waals surface area contributed by atoms with Crippen LogP contribution in [0.1, 0.15) is 35.9 Å². The molecular formula is C24H30N4O3S. The highest BCUT2D eigenvalue weighted by Gasteiger charge is 2.28. The molecule has 1 unspecified atom stereocenters. The highest BCUT2D eigenvalue weighted by molar-refractivity contribution is 7.15. The zero-order valence-electron chi connectivity index (χ0n) is 19.0. The van der Waals surface area contributed by atoms with E-state index >= 15 is 0 Å². The quantitative estimate of drug-likeness (QED) is 0.537. The van der Waals surface area contributed by atoms with Crippen LogP contribution in [0, 0.1) is 0 Å². The fourth-order valence-electron chi connectivity index (χ4n) is 4.16. The number of likely N-dealkylation sites (N-methyl/N-ethyl adjacent to an activating group) is 1. The first kappa shape index (κ1) is 22.2. The van der Waals surface area contributed by atoms with Crippen LogP contribution in [-0.2, 0) is 13.0 Å². The predicted octanol–water partition coefficient (Wildman–Crippen LogP) is 4.82. The molecule has 3 aromatic rings. The Labute approximate surface area is 192 Å². The molecule has 0 spiro atoms. The van der Waals surface area contributed by atoms with Gasteiger partial charge in [-0.05, 0) is 37.6 Å². The van der Waals surface area contributed by atoms with Crippen molar-refractivity contribution in [3.05, 3.63) is 58.7 Å². The normalized spacial score (nSPS) is 14.5. The number of carbonyl (C=O) groups excluding carboxylic acids is 1. The molecule has 170 valence electrons. The van der Waals surface area contributed by atoms with Gasteiger partial charge in [0.15, 0.2) is 0 Å². The number of nitrogens with zero attached hydrogens (tertiary/aromatic N) is 2. The maximum absolute atomic E-state index is 12.9. The summed E-state index contributed by atoms with van der Waals surface area (Å²) in [5.41, 5.74) is 3.19. The fourth-order valence-corrected chi connectivity index (χ4v) is 5.61. The smallest absolute Gasteiger partial charge is 0.319 e. The summed E-state index contributed by atoms with van der Waals surface area (Å²) < 4.78 is 12.7. The van der Waals surface area contributed by atoms with Gasteiger partial charge in [0.25, 0.3) is 0 Å². The summed E-state index contributed by atoms with van der Waals surface area (Å²) in [6.45, 7) is 7.31. The lowest BCUT2D eigenvalue weighted by Gasteiger charge is -2.26. The number of aromatic nitrogens is 1. The van der Waals surface area contributed by atoms with Crippen molar-refractivity contribution >= 4 is 23.1 Å². The number of nitrogens with one attached hydrogen (secondary N) is 2. The van der Waals surface area contributed by atoms with Gasteiger partial charge in [0.05, 0.1) is 20.3 Å². The third-order valence-electron chi connectivity index (χ3n) is 5.83. The van der Waals surface area contributed by atoms with Crippen LogP contribution < -0.4 is 20.1 Å². The summed E-state index contributed by atoms with van der Waals surface area (Å²) in [5, 5.41) is 7.22. The second-order valence-corrected chi connectivity index (χ2v) is 8.94. The van der Waals surface area contributed by atoms with E-state index in [0.717, 1.165) is 26.1 Å². The Kier molecular flexibility index (Phi) is 6.72. The number of rotatable bonds is 7. The zero-order valence-corrected chi connectivity index (χ0v) is 19.8. The number of carbonyl (C=O) groups is 1. The fraction of sp³-hybridized carbons (Fsp3) is 0.375. The van der Waals surface area contributed by atoms with Crippen molar-refractivity contribution in [2.75, 3.05) is 32.6 Å². The monoisotopic (exact) mass is 454 g/mol. The van der Waals surface area contributed by atoms with E-state index in [1.807, 2.05) is 30.4 Å². The molecule has 2 aromatic heterocycles. The molecule has 0 saturated carbocycles. The van der Waals surface area contributed by atoms with Gasteiger partial charge in [0.1, 0.15) is 16.5 Å². The number of hydrogen-bond donors (Lipinski definition) is 2. The Morgan fingerprint density at radius 3 is 2.47 bits per heavy atom. The molecule has 0 fully saturated rings. The van der Waals surface area contributed by atoms with E-state index in [2.05, 4.69) is 39.4 Å². The van der Waals surface area contributed by atoms with Crippen molar-refractivity contribution in [3.63, 3.8) is 0 Å². The first-order chi connectivity index (χ1) is 15.5. The van der Waals surface area contributed by atoms with Crippen LogP contribution >= 0.6 is 11.3 Å². The molecule has 1 aromatic carbocycles. The van der Waals surface area contributed by atoms with Crippen LogP contribution in [-0.4, -0.2) is 42.8 Å². The van der Waals surface area contributed by atoms with Crippen molar-refractivity contribution in [2.45, 2.75) is 32.9 Å².